The van der Waals surface area contributed by atoms with Gasteiger partial charge in [0.25, 0.3) is 0 Å². The summed E-state index contributed by atoms with van der Waals surface area (Å²) in [4.78, 5) is 23.3. The van der Waals surface area contributed by atoms with Gasteiger partial charge in [0.05, 0.1) is 12.8 Å². The molecular weight excluding hydrogens is 377 g/mol. The molecule has 10 heteroatoms. The van der Waals surface area contributed by atoms with E-state index in [-0.39, 0.29) is 22.9 Å². The quantitative estimate of drug-likeness (QED) is 0.654. The number of benzene rings is 1. The number of esters is 1. The van der Waals surface area contributed by atoms with Crippen LogP contribution in [-0.2, 0) is 10.9 Å². The van der Waals surface area contributed by atoms with Crippen molar-refractivity contribution in [1.29, 1.82) is 0 Å². The Bertz CT molecular complexity index is 1020. The number of alkyl halides is 3. The first-order chi connectivity index (χ1) is 13.3. The number of carbonyl (C=O) groups excluding carboxylic acids is 1. The van der Waals surface area contributed by atoms with Crippen LogP contribution in [0.5, 0.6) is 5.75 Å². The van der Waals surface area contributed by atoms with E-state index >= 15 is 0 Å². The molecule has 0 aliphatic rings. The highest BCUT2D eigenvalue weighted by atomic mass is 19.4. The summed E-state index contributed by atoms with van der Waals surface area (Å²) >= 11 is 0. The molecule has 28 heavy (non-hydrogen) atoms. The van der Waals surface area contributed by atoms with Crippen molar-refractivity contribution in [3.05, 3.63) is 60.0 Å². The minimum absolute atomic E-state index is 0.0413. The predicted octanol–water partition coefficient (Wildman–Crippen LogP) is 3.79. The molecule has 0 aliphatic carbocycles. The van der Waals surface area contributed by atoms with Gasteiger partial charge in [-0.25, -0.2) is 19.7 Å². The summed E-state index contributed by atoms with van der Waals surface area (Å²) in [6.45, 7) is 0. The number of methoxy groups -OCH3 is 1. The Balaban J connectivity index is 1.91. The molecule has 3 aromatic rings. The van der Waals surface area contributed by atoms with E-state index in [1.54, 1.807) is 0 Å². The molecule has 0 radical (unpaired) electrons. The zero-order chi connectivity index (χ0) is 20.3. The lowest BCUT2D eigenvalue weighted by molar-refractivity contribution is -0.141. The largest absolute Gasteiger partial charge is 0.507 e. The van der Waals surface area contributed by atoms with E-state index in [9.17, 15) is 23.1 Å². The van der Waals surface area contributed by atoms with Crippen molar-refractivity contribution in [3.63, 3.8) is 0 Å². The predicted molar refractivity (Wildman–Crippen MR) is 93.0 cm³/mol. The fraction of sp³-hybridized carbons (Fsp3) is 0.111. The van der Waals surface area contributed by atoms with Crippen LogP contribution in [0, 0.1) is 0 Å². The van der Waals surface area contributed by atoms with Crippen molar-refractivity contribution in [2.45, 2.75) is 6.18 Å². The number of aromatic hydroxyl groups is 1. The Hall–Kier alpha value is -3.69. The summed E-state index contributed by atoms with van der Waals surface area (Å²) in [5.74, 6) is -0.818. The molecule has 1 aromatic carbocycles. The number of carbonyl (C=O) groups is 1. The number of hydrogen-bond donors (Lipinski definition) is 2. The molecule has 0 saturated heterocycles. The van der Waals surface area contributed by atoms with E-state index in [0.29, 0.717) is 11.3 Å². The number of aromatic nitrogens is 3. The van der Waals surface area contributed by atoms with E-state index in [4.69, 9.17) is 0 Å². The minimum atomic E-state index is -4.56. The molecule has 3 rings (SSSR count). The van der Waals surface area contributed by atoms with Crippen LogP contribution in [0.1, 0.15) is 16.1 Å². The molecule has 0 fully saturated rings. The molecule has 0 aliphatic heterocycles. The van der Waals surface area contributed by atoms with Gasteiger partial charge in [-0.05, 0) is 30.3 Å². The van der Waals surface area contributed by atoms with Gasteiger partial charge in [0, 0.05) is 11.6 Å². The second kappa shape index (κ2) is 7.51. The average molecular weight is 390 g/mol. The number of nitrogens with one attached hydrogen (secondary N) is 1. The first kappa shape index (κ1) is 19.1. The SMILES string of the molecule is COC(=O)c1cc(-c2cc(Nc3cccc(C(F)(F)F)n3)ncn2)ccc1O. The standard InChI is InChI=1S/C18H13F3N4O3/c1-28-17(27)11-7-10(5-6-13(11)26)12-8-16(23-9-22-12)25-15-4-2-3-14(24-15)18(19,20)21/h2-9,26H,1H3,(H,22,23,24,25). The number of pyridine rings is 1. The molecule has 2 aromatic heterocycles. The van der Waals surface area contributed by atoms with E-state index < -0.39 is 17.8 Å². The summed E-state index contributed by atoms with van der Waals surface area (Å²) in [6.07, 6.45) is -3.36. The summed E-state index contributed by atoms with van der Waals surface area (Å²) in [7, 11) is 1.18. The van der Waals surface area contributed by atoms with E-state index in [1.807, 2.05) is 0 Å². The maximum absolute atomic E-state index is 12.8. The normalized spacial score (nSPS) is 11.1. The Morgan fingerprint density at radius 3 is 2.61 bits per heavy atom. The summed E-state index contributed by atoms with van der Waals surface area (Å²) < 4.78 is 43.0. The van der Waals surface area contributed by atoms with Crippen LogP contribution in [0.2, 0.25) is 0 Å². The molecule has 0 saturated carbocycles. The van der Waals surface area contributed by atoms with Gasteiger partial charge in [-0.1, -0.05) is 6.07 Å². The Morgan fingerprint density at radius 2 is 1.89 bits per heavy atom. The van der Waals surface area contributed by atoms with Gasteiger partial charge in [-0.15, -0.1) is 0 Å². The van der Waals surface area contributed by atoms with Crippen molar-refractivity contribution >= 4 is 17.6 Å². The first-order valence-corrected chi connectivity index (χ1v) is 7.83. The van der Waals surface area contributed by atoms with E-state index in [0.717, 1.165) is 6.07 Å². The van der Waals surface area contributed by atoms with Crippen molar-refractivity contribution in [2.24, 2.45) is 0 Å². The number of nitrogens with zero attached hydrogens (tertiary/aromatic N) is 3. The van der Waals surface area contributed by atoms with E-state index in [2.05, 4.69) is 25.0 Å². The topological polar surface area (TPSA) is 97.2 Å². The van der Waals surface area contributed by atoms with Crippen LogP contribution in [0.15, 0.2) is 48.8 Å². The Labute approximate surface area is 156 Å². The lowest BCUT2D eigenvalue weighted by Crippen LogP contribution is -2.09. The number of phenolic OH excluding ortho intramolecular Hbond substituents is 1. The van der Waals surface area contributed by atoms with Crippen molar-refractivity contribution < 1.29 is 27.8 Å². The number of anilines is 2. The van der Waals surface area contributed by atoms with Crippen LogP contribution < -0.4 is 5.32 Å². The second-order valence-corrected chi connectivity index (χ2v) is 5.54. The van der Waals surface area contributed by atoms with Gasteiger partial charge in [0.1, 0.15) is 35.0 Å². The Kier molecular flexibility index (Phi) is 5.12. The third-order valence-electron chi connectivity index (χ3n) is 3.66. The number of ether oxygens (including phenoxy) is 1. The fourth-order valence-electron chi connectivity index (χ4n) is 2.35. The highest BCUT2D eigenvalue weighted by Gasteiger charge is 2.32. The van der Waals surface area contributed by atoms with Gasteiger partial charge in [0.15, 0.2) is 0 Å². The maximum Gasteiger partial charge on any atom is 0.433 e. The molecular formula is C18H13F3N4O3. The van der Waals surface area contributed by atoms with Gasteiger partial charge >= 0.3 is 12.1 Å². The highest BCUT2D eigenvalue weighted by Crippen LogP contribution is 2.29. The fourth-order valence-corrected chi connectivity index (χ4v) is 2.35. The number of halogens is 3. The van der Waals surface area contributed by atoms with E-state index in [1.165, 1.54) is 49.8 Å². The molecule has 0 bridgehead atoms. The minimum Gasteiger partial charge on any atom is -0.507 e. The molecule has 2 heterocycles. The maximum atomic E-state index is 12.8. The van der Waals surface area contributed by atoms with Crippen LogP contribution in [-0.4, -0.2) is 33.1 Å². The summed E-state index contributed by atoms with van der Waals surface area (Å²) in [5, 5.41) is 12.5. The second-order valence-electron chi connectivity index (χ2n) is 5.54. The van der Waals surface area contributed by atoms with Crippen LogP contribution >= 0.6 is 0 Å². The molecule has 0 spiro atoms. The molecule has 7 nitrogen and oxygen atoms in total. The third-order valence-corrected chi connectivity index (χ3v) is 3.66. The zero-order valence-electron chi connectivity index (χ0n) is 14.4. The monoisotopic (exact) mass is 390 g/mol. The molecule has 0 amide bonds. The summed E-state index contributed by atoms with van der Waals surface area (Å²) in [6, 6.07) is 9.14. The Morgan fingerprint density at radius 1 is 1.11 bits per heavy atom. The zero-order valence-corrected chi connectivity index (χ0v) is 14.4. The van der Waals surface area contributed by atoms with Crippen molar-refractivity contribution in [3.8, 4) is 17.0 Å². The van der Waals surface area contributed by atoms with Crippen LogP contribution in [0.3, 0.4) is 0 Å². The number of phenols is 1. The number of rotatable bonds is 4. The lowest BCUT2D eigenvalue weighted by atomic mass is 10.1. The molecule has 2 N–H and O–H groups in total. The average Bonchev–Trinajstić information content (AvgIpc) is 2.67. The summed E-state index contributed by atoms with van der Waals surface area (Å²) in [5.41, 5.74) is -0.240. The third kappa shape index (κ3) is 4.17. The van der Waals surface area contributed by atoms with Gasteiger partial charge in [-0.2, -0.15) is 13.2 Å². The van der Waals surface area contributed by atoms with Gasteiger partial charge < -0.3 is 15.2 Å². The lowest BCUT2D eigenvalue weighted by Gasteiger charge is -2.10. The smallest absolute Gasteiger partial charge is 0.433 e. The number of hydrogen-bond acceptors (Lipinski definition) is 7. The first-order valence-electron chi connectivity index (χ1n) is 7.83. The molecule has 0 atom stereocenters. The van der Waals surface area contributed by atoms with Gasteiger partial charge in [0.2, 0.25) is 0 Å². The highest BCUT2D eigenvalue weighted by molar-refractivity contribution is 5.93. The molecule has 0 unspecified atom stereocenters. The van der Waals surface area contributed by atoms with Crippen LogP contribution in [0.25, 0.3) is 11.3 Å². The molecule has 144 valence electrons. The van der Waals surface area contributed by atoms with Crippen molar-refractivity contribution in [1.82, 2.24) is 15.0 Å². The van der Waals surface area contributed by atoms with Gasteiger partial charge in [-0.3, -0.25) is 0 Å². The van der Waals surface area contributed by atoms with Crippen molar-refractivity contribution in [2.75, 3.05) is 12.4 Å². The van der Waals surface area contributed by atoms with Crippen LogP contribution in [0.4, 0.5) is 24.8 Å².